The number of hydrogen-bond acceptors (Lipinski definition) is 5. The zero-order valence-corrected chi connectivity index (χ0v) is 18.0. The highest BCUT2D eigenvalue weighted by molar-refractivity contribution is 5.94. The predicted octanol–water partition coefficient (Wildman–Crippen LogP) is 4.48. The Bertz CT molecular complexity index is 1290. The minimum atomic E-state index is -0.414. The number of primary amides is 1. The molecule has 1 fully saturated rings. The molecule has 0 saturated carbocycles. The Morgan fingerprint density at radius 1 is 1.00 bits per heavy atom. The van der Waals surface area contributed by atoms with Gasteiger partial charge in [0.1, 0.15) is 5.82 Å². The lowest BCUT2D eigenvalue weighted by atomic mass is 9.89. The van der Waals surface area contributed by atoms with E-state index in [1.165, 1.54) is 0 Å². The molecule has 0 atom stereocenters. The fraction of sp³-hybridized carbons (Fsp3) is 0.231. The molecule has 1 saturated heterocycles. The van der Waals surface area contributed by atoms with Gasteiger partial charge in [-0.25, -0.2) is 4.98 Å². The average Bonchev–Trinajstić information content (AvgIpc) is 2.83. The fourth-order valence-corrected chi connectivity index (χ4v) is 4.57. The van der Waals surface area contributed by atoms with E-state index < -0.39 is 5.91 Å². The zero-order valence-electron chi connectivity index (χ0n) is 18.0. The molecule has 0 unspecified atom stereocenters. The van der Waals surface area contributed by atoms with Crippen molar-refractivity contribution in [3.8, 4) is 11.3 Å². The summed E-state index contributed by atoms with van der Waals surface area (Å²) in [6.07, 6.45) is 5.46. The quantitative estimate of drug-likeness (QED) is 0.523. The lowest BCUT2D eigenvalue weighted by molar-refractivity contribution is 0.0999. The first-order chi connectivity index (χ1) is 15.6. The first-order valence-electron chi connectivity index (χ1n) is 10.9. The molecule has 0 aliphatic carbocycles. The van der Waals surface area contributed by atoms with Gasteiger partial charge in [-0.05, 0) is 55.7 Å². The molecule has 6 heteroatoms. The number of anilines is 1. The topological polar surface area (TPSA) is 85.0 Å². The number of nitrogens with two attached hydrogens (primary N) is 1. The summed E-state index contributed by atoms with van der Waals surface area (Å²) in [5.41, 5.74) is 10.7. The molecule has 6 nitrogen and oxygen atoms in total. The number of rotatable bonds is 4. The highest BCUT2D eigenvalue weighted by Crippen LogP contribution is 2.34. The Hall–Kier alpha value is -3.80. The zero-order chi connectivity index (χ0) is 22.1. The van der Waals surface area contributed by atoms with Gasteiger partial charge in [-0.2, -0.15) is 0 Å². The highest BCUT2D eigenvalue weighted by atomic mass is 16.1. The number of piperidine rings is 1. The van der Waals surface area contributed by atoms with Crippen LogP contribution in [-0.4, -0.2) is 33.9 Å². The number of para-hydroxylation sites is 1. The van der Waals surface area contributed by atoms with Crippen molar-refractivity contribution in [2.45, 2.75) is 25.7 Å². The second kappa shape index (κ2) is 8.38. The van der Waals surface area contributed by atoms with Crippen LogP contribution in [0.2, 0.25) is 0 Å². The van der Waals surface area contributed by atoms with Gasteiger partial charge in [-0.1, -0.05) is 24.3 Å². The number of amides is 1. The number of benzene rings is 2. The molecule has 32 heavy (non-hydrogen) atoms. The normalized spacial score (nSPS) is 14.6. The Balaban J connectivity index is 1.37. The number of carbonyl (C=O) groups excluding carboxylic acids is 1. The summed E-state index contributed by atoms with van der Waals surface area (Å²) in [6.45, 7) is 3.74. The van der Waals surface area contributed by atoms with Gasteiger partial charge in [-0.15, -0.1) is 0 Å². The van der Waals surface area contributed by atoms with E-state index in [1.54, 1.807) is 18.5 Å². The summed E-state index contributed by atoms with van der Waals surface area (Å²) in [7, 11) is 0. The molecule has 1 aliphatic rings. The molecule has 0 spiro atoms. The molecule has 160 valence electrons. The van der Waals surface area contributed by atoms with Crippen molar-refractivity contribution < 1.29 is 4.79 Å². The van der Waals surface area contributed by atoms with Crippen molar-refractivity contribution in [3.63, 3.8) is 0 Å². The summed E-state index contributed by atoms with van der Waals surface area (Å²) in [5.74, 6) is 0.939. The monoisotopic (exact) mass is 423 g/mol. The van der Waals surface area contributed by atoms with Gasteiger partial charge in [0.2, 0.25) is 5.91 Å². The SMILES string of the molecule is Cc1cc(-c2nccnc2C2CCN(c3ccc4ccccc4n3)CC2)ccc1C(N)=O. The average molecular weight is 424 g/mol. The second-order valence-electron chi connectivity index (χ2n) is 8.31. The maximum Gasteiger partial charge on any atom is 0.248 e. The second-order valence-corrected chi connectivity index (χ2v) is 8.31. The van der Waals surface area contributed by atoms with Crippen LogP contribution in [0.15, 0.2) is 67.0 Å². The third-order valence-corrected chi connectivity index (χ3v) is 6.28. The van der Waals surface area contributed by atoms with E-state index in [9.17, 15) is 4.79 Å². The van der Waals surface area contributed by atoms with E-state index >= 15 is 0 Å². The molecule has 1 aliphatic heterocycles. The predicted molar refractivity (Wildman–Crippen MR) is 127 cm³/mol. The van der Waals surface area contributed by atoms with Gasteiger partial charge in [0.25, 0.3) is 0 Å². The van der Waals surface area contributed by atoms with E-state index in [1.807, 2.05) is 31.2 Å². The molecule has 2 aromatic carbocycles. The van der Waals surface area contributed by atoms with Crippen LogP contribution in [0.4, 0.5) is 5.82 Å². The van der Waals surface area contributed by atoms with E-state index in [2.05, 4.69) is 34.1 Å². The molecule has 3 heterocycles. The Morgan fingerprint density at radius 2 is 1.78 bits per heavy atom. The van der Waals surface area contributed by atoms with E-state index in [0.29, 0.717) is 11.5 Å². The fourth-order valence-electron chi connectivity index (χ4n) is 4.57. The summed E-state index contributed by atoms with van der Waals surface area (Å²) >= 11 is 0. The van der Waals surface area contributed by atoms with Gasteiger partial charge < -0.3 is 10.6 Å². The van der Waals surface area contributed by atoms with Gasteiger partial charge in [0, 0.05) is 47.9 Å². The number of hydrogen-bond donors (Lipinski definition) is 1. The van der Waals surface area contributed by atoms with Crippen molar-refractivity contribution >= 4 is 22.6 Å². The van der Waals surface area contributed by atoms with Crippen LogP contribution in [0.3, 0.4) is 0 Å². The van der Waals surface area contributed by atoms with Crippen molar-refractivity contribution in [1.82, 2.24) is 15.0 Å². The number of nitrogens with zero attached hydrogens (tertiary/aromatic N) is 4. The Morgan fingerprint density at radius 3 is 2.56 bits per heavy atom. The van der Waals surface area contributed by atoms with Crippen LogP contribution in [0.1, 0.15) is 40.4 Å². The van der Waals surface area contributed by atoms with Crippen molar-refractivity contribution in [3.05, 3.63) is 83.8 Å². The highest BCUT2D eigenvalue weighted by Gasteiger charge is 2.25. The summed E-state index contributed by atoms with van der Waals surface area (Å²) in [5, 5.41) is 1.16. The number of fused-ring (bicyclic) bond motifs is 1. The van der Waals surface area contributed by atoms with Crippen molar-refractivity contribution in [2.24, 2.45) is 5.73 Å². The maximum absolute atomic E-state index is 11.6. The first kappa shape index (κ1) is 20.1. The number of aromatic nitrogens is 3. The van der Waals surface area contributed by atoms with Crippen LogP contribution in [0.5, 0.6) is 0 Å². The lowest BCUT2D eigenvalue weighted by Crippen LogP contribution is -2.33. The van der Waals surface area contributed by atoms with Gasteiger partial charge >= 0.3 is 0 Å². The number of carbonyl (C=O) groups is 1. The molecular weight excluding hydrogens is 398 g/mol. The van der Waals surface area contributed by atoms with Crippen molar-refractivity contribution in [1.29, 1.82) is 0 Å². The van der Waals surface area contributed by atoms with Crippen LogP contribution in [0, 0.1) is 6.92 Å². The van der Waals surface area contributed by atoms with E-state index in [-0.39, 0.29) is 0 Å². The third kappa shape index (κ3) is 3.80. The van der Waals surface area contributed by atoms with Gasteiger partial charge in [-0.3, -0.25) is 14.8 Å². The summed E-state index contributed by atoms with van der Waals surface area (Å²) < 4.78 is 0. The smallest absolute Gasteiger partial charge is 0.248 e. The minimum Gasteiger partial charge on any atom is -0.366 e. The standard InChI is InChI=1S/C26H25N5O/c1-17-16-20(6-8-21(17)26(27)32)25-24(28-12-13-29-25)19-10-14-31(15-11-19)23-9-7-18-4-2-3-5-22(18)30-23/h2-9,12-13,16,19H,10-11,14-15H2,1H3,(H2,27,32). The number of pyridine rings is 1. The lowest BCUT2D eigenvalue weighted by Gasteiger charge is -2.33. The summed E-state index contributed by atoms with van der Waals surface area (Å²) in [4.78, 5) is 28.2. The third-order valence-electron chi connectivity index (χ3n) is 6.28. The van der Waals surface area contributed by atoms with Crippen LogP contribution >= 0.6 is 0 Å². The molecular formula is C26H25N5O. The largest absolute Gasteiger partial charge is 0.366 e. The van der Waals surface area contributed by atoms with Crippen LogP contribution < -0.4 is 10.6 Å². The maximum atomic E-state index is 11.6. The van der Waals surface area contributed by atoms with Crippen LogP contribution in [-0.2, 0) is 0 Å². The molecule has 1 amide bonds. The van der Waals surface area contributed by atoms with Gasteiger partial charge in [0.15, 0.2) is 0 Å². The molecule has 4 aromatic rings. The Kier molecular flexibility index (Phi) is 5.27. The van der Waals surface area contributed by atoms with Crippen LogP contribution in [0.25, 0.3) is 22.2 Å². The first-order valence-corrected chi connectivity index (χ1v) is 10.9. The van der Waals surface area contributed by atoms with Gasteiger partial charge in [0.05, 0.1) is 16.9 Å². The van der Waals surface area contributed by atoms with E-state index in [4.69, 9.17) is 15.7 Å². The molecule has 0 bridgehead atoms. The number of aryl methyl sites for hydroxylation is 1. The molecule has 2 aromatic heterocycles. The molecule has 2 N–H and O–H groups in total. The summed E-state index contributed by atoms with van der Waals surface area (Å²) in [6, 6.07) is 18.1. The van der Waals surface area contributed by atoms with Crippen molar-refractivity contribution in [2.75, 3.05) is 18.0 Å². The minimum absolute atomic E-state index is 0.325. The molecule has 0 radical (unpaired) electrons. The molecule has 5 rings (SSSR count). The Labute approximate surface area is 187 Å². The van der Waals surface area contributed by atoms with E-state index in [0.717, 1.165) is 65.2 Å².